The minimum atomic E-state index is 0. The molecule has 0 rings (SSSR count). The van der Waals surface area contributed by atoms with Crippen LogP contribution in [0.25, 0.3) is 0 Å². The third kappa shape index (κ3) is 455. The van der Waals surface area contributed by atoms with E-state index in [1.165, 1.54) is 0 Å². The molecule has 0 N–H and O–H groups in total. The van der Waals surface area contributed by atoms with Gasteiger partial charge in [-0.05, 0) is 0 Å². The van der Waals surface area contributed by atoms with Crippen molar-refractivity contribution in [2.75, 3.05) is 0 Å². The molecule has 0 atom stereocenters. The van der Waals surface area contributed by atoms with Gasteiger partial charge in [-0.1, -0.05) is 0 Å². The molecule has 0 bridgehead atoms. The summed E-state index contributed by atoms with van der Waals surface area (Å²) >= 11 is 0. The van der Waals surface area contributed by atoms with Gasteiger partial charge in [0.1, 0.15) is 0 Å². The van der Waals surface area contributed by atoms with E-state index in [9.17, 15) is 0 Å². The number of hydrogen-bond donors (Lipinski definition) is 0. The van der Waals surface area contributed by atoms with E-state index >= 15 is 0 Å². The van der Waals surface area contributed by atoms with Crippen molar-refractivity contribution in [3.05, 3.63) is 0 Å². The van der Waals surface area contributed by atoms with Crippen molar-refractivity contribution in [3.8, 4) is 0 Å². The van der Waals surface area contributed by atoms with Crippen molar-refractivity contribution in [1.29, 1.82) is 0 Å². The van der Waals surface area contributed by atoms with Gasteiger partial charge in [-0.25, -0.2) is 0 Å². The van der Waals surface area contributed by atoms with Crippen LogP contribution in [0, 0.1) is 0 Å². The van der Waals surface area contributed by atoms with Crippen LogP contribution in [0.3, 0.4) is 0 Å². The van der Waals surface area contributed by atoms with Crippen molar-refractivity contribution < 1.29 is 123 Å². The first-order valence-electron chi connectivity index (χ1n) is 0. The maximum absolute atomic E-state index is 0. The first-order chi connectivity index (χ1) is 0. The summed E-state index contributed by atoms with van der Waals surface area (Å²) < 4.78 is 0. The van der Waals surface area contributed by atoms with E-state index in [0.29, 0.717) is 0 Å². The molecule has 0 heterocycles. The molecule has 0 unspecified atom stereocenters. The van der Waals surface area contributed by atoms with E-state index in [1.807, 2.05) is 0 Å². The Labute approximate surface area is 158 Å². The summed E-state index contributed by atoms with van der Waals surface area (Å²) in [7, 11) is 0. The SMILES string of the molecule is [Ca+2].[Cr+3].[Cu+2].[F-].[F-].[F-].[F-].[F-].[F-].[F-].[F-].[F-].[F-].[Fe+2].[I+]. The van der Waals surface area contributed by atoms with E-state index in [1.54, 1.807) is 0 Å². The fourth-order valence-electron chi connectivity index (χ4n) is 0. The summed E-state index contributed by atoms with van der Waals surface area (Å²) in [6.45, 7) is 0. The molecule has 0 aromatic carbocycles. The van der Waals surface area contributed by atoms with Gasteiger partial charge in [0.2, 0.25) is 0 Å². The second-order valence-electron chi connectivity index (χ2n) is 0. The Balaban J connectivity index is 0. The Kier molecular flexibility index (Phi) is 21400. The maximum Gasteiger partial charge on any atom is 3.00 e. The molecule has 0 spiro atoms. The molecule has 0 aromatic rings. The third-order valence-electron chi connectivity index (χ3n) is 0. The molecular formula is CaCrCuF10FeI. The van der Waals surface area contributed by atoms with Crippen molar-refractivity contribution in [3.63, 3.8) is 0 Å². The molecule has 0 saturated carbocycles. The van der Waals surface area contributed by atoms with Gasteiger partial charge >= 0.3 is 113 Å². The Morgan fingerprint density at radius 3 is 0.400 bits per heavy atom. The molecule has 15 heteroatoms. The zero-order valence-electron chi connectivity index (χ0n) is 5.93. The van der Waals surface area contributed by atoms with Crippen molar-refractivity contribution in [1.82, 2.24) is 0 Å². The minimum Gasteiger partial charge on any atom is -1.00 e. The monoisotopic (exact) mass is 528 g/mol. The molecule has 15 heavy (non-hydrogen) atoms. The summed E-state index contributed by atoms with van der Waals surface area (Å²) in [5.41, 5.74) is 0. The summed E-state index contributed by atoms with van der Waals surface area (Å²) in [6, 6.07) is 0. The molecule has 0 aliphatic heterocycles. The Morgan fingerprint density at radius 1 is 0.400 bits per heavy atom. The van der Waals surface area contributed by atoms with Crippen LogP contribution in [0.1, 0.15) is 0 Å². The molecule has 0 aromatic heterocycles. The van der Waals surface area contributed by atoms with Crippen LogP contribution in [0.2, 0.25) is 0 Å². The molecule has 4 radical (unpaired) electrons. The predicted molar refractivity (Wildman–Crippen MR) is 5.75 cm³/mol. The van der Waals surface area contributed by atoms with Gasteiger partial charge in [0.15, 0.2) is 0 Å². The molecular weight excluding hydrogens is 528 g/mol. The van der Waals surface area contributed by atoms with E-state index in [4.69, 9.17) is 0 Å². The van der Waals surface area contributed by atoms with Crippen molar-refractivity contribution >= 4 is 37.7 Å². The van der Waals surface area contributed by atoms with Crippen molar-refractivity contribution in [2.24, 2.45) is 0 Å². The van der Waals surface area contributed by atoms with E-state index in [-0.39, 0.29) is 160 Å². The Bertz CT molecular complexity index is 25.4. The van der Waals surface area contributed by atoms with E-state index in [0.717, 1.165) is 0 Å². The largest absolute Gasteiger partial charge is 3.00 e. The van der Waals surface area contributed by atoms with Crippen molar-refractivity contribution in [2.45, 2.75) is 0 Å². The molecule has 0 fully saturated rings. The summed E-state index contributed by atoms with van der Waals surface area (Å²) in [5.74, 6) is 0. The van der Waals surface area contributed by atoms with Crippen LogP contribution in [0.15, 0.2) is 0 Å². The summed E-state index contributed by atoms with van der Waals surface area (Å²) in [4.78, 5) is 0. The van der Waals surface area contributed by atoms with Gasteiger partial charge in [-0.15, -0.1) is 0 Å². The summed E-state index contributed by atoms with van der Waals surface area (Å²) in [6.07, 6.45) is 0. The van der Waals surface area contributed by atoms with Gasteiger partial charge in [0, 0.05) is 0 Å². The van der Waals surface area contributed by atoms with Crippen LogP contribution in [-0.2, 0) is 51.5 Å². The van der Waals surface area contributed by atoms with Gasteiger partial charge < -0.3 is 47.0 Å². The normalized spacial score (nSPS) is 0. The van der Waals surface area contributed by atoms with Crippen LogP contribution in [0.4, 0.5) is 0 Å². The molecule has 0 aliphatic carbocycles. The zero-order chi connectivity index (χ0) is 0. The van der Waals surface area contributed by atoms with Crippen LogP contribution >= 0.6 is 0 Å². The van der Waals surface area contributed by atoms with Gasteiger partial charge in [-0.2, -0.15) is 0 Å². The quantitative estimate of drug-likeness (QED) is 0.167. The van der Waals surface area contributed by atoms with Crippen LogP contribution in [-0.4, -0.2) is 37.7 Å². The fraction of sp³-hybridized carbons (Fsp3) is 0. The van der Waals surface area contributed by atoms with Crippen LogP contribution < -0.4 is 71.0 Å². The molecule has 0 amide bonds. The number of halogens is 11. The number of hydrogen-bond acceptors (Lipinski definition) is 0. The molecule has 0 aliphatic rings. The predicted octanol–water partition coefficient (Wildman–Crippen LogP) is -33.3. The smallest absolute Gasteiger partial charge is 1.00 e. The number of rotatable bonds is 0. The molecule has 104 valence electrons. The summed E-state index contributed by atoms with van der Waals surface area (Å²) in [5, 5.41) is 0. The third-order valence-corrected chi connectivity index (χ3v) is 0. The zero-order valence-corrected chi connectivity index (χ0v) is 13.6. The minimum absolute atomic E-state index is 0. The van der Waals surface area contributed by atoms with Gasteiger partial charge in [-0.3, -0.25) is 0 Å². The van der Waals surface area contributed by atoms with Gasteiger partial charge in [0.25, 0.3) is 0 Å². The average molecular weight is 528 g/mol. The topological polar surface area (TPSA) is 0 Å². The van der Waals surface area contributed by atoms with E-state index in [2.05, 4.69) is 0 Å². The molecule has 0 saturated heterocycles. The second-order valence-corrected chi connectivity index (χ2v) is 0. The van der Waals surface area contributed by atoms with E-state index < -0.39 is 0 Å². The van der Waals surface area contributed by atoms with Gasteiger partial charge in [0.05, 0.1) is 0 Å². The first kappa shape index (κ1) is 620. The standard InChI is InChI=1S/Ca.Cr.Cu.10FH.Fe.I/h;;;10*1H;;/q+2;+3;+2;;;;;;;;;;;+2;+1/p-10. The molecule has 0 nitrogen and oxygen atoms in total. The van der Waals surface area contributed by atoms with Crippen LogP contribution in [0.5, 0.6) is 0 Å². The second kappa shape index (κ2) is 518. The average Bonchev–Trinajstić information content (AvgIpc) is 0. The maximum atomic E-state index is 0. The Hall–Kier alpha value is 2.86. The fourth-order valence-corrected chi connectivity index (χ4v) is 0. The Morgan fingerprint density at radius 2 is 0.400 bits per heavy atom. The first-order valence-corrected chi connectivity index (χ1v) is 0.